The zero-order valence-corrected chi connectivity index (χ0v) is 31.0. The van der Waals surface area contributed by atoms with Crippen molar-refractivity contribution in [3.8, 4) is 36.0 Å². The molecule has 0 radical (unpaired) electrons. The van der Waals surface area contributed by atoms with E-state index in [0.717, 1.165) is 6.26 Å². The second-order valence-corrected chi connectivity index (χ2v) is 13.5. The van der Waals surface area contributed by atoms with Crippen LogP contribution in [0.1, 0.15) is 56.0 Å². The molecule has 4 N–H and O–H groups in total. The maximum atomic E-state index is 11.0. The van der Waals surface area contributed by atoms with Gasteiger partial charge in [-0.1, -0.05) is 32.3 Å². The van der Waals surface area contributed by atoms with Gasteiger partial charge in [0.1, 0.15) is 9.84 Å². The molecule has 46 heavy (non-hydrogen) atoms. The molecule has 0 bridgehead atoms. The number of thiol groups is 1. The molecule has 1 heterocycles. The first-order valence-corrected chi connectivity index (χ1v) is 17.4. The Labute approximate surface area is 309 Å². The number of terminal acetylenes is 1. The molecule has 1 aliphatic rings. The Balaban J connectivity index is -0.0000000321. The zero-order valence-electron chi connectivity index (χ0n) is 25.7. The molecule has 274 valence electrons. The molecule has 1 fully saturated rings. The molecule has 0 aromatic carbocycles. The van der Waals surface area contributed by atoms with Crippen molar-refractivity contribution in [3.63, 3.8) is 0 Å². The third kappa shape index (κ3) is 73.6. The molecular formula is C22H55N8NaO11S4. The Hall–Kier alpha value is -1.78. The Morgan fingerprint density at radius 1 is 1.17 bits per heavy atom. The van der Waals surface area contributed by atoms with Gasteiger partial charge in [-0.05, 0) is 73.5 Å². The third-order valence-electron chi connectivity index (χ3n) is 3.21. The Morgan fingerprint density at radius 3 is 2.02 bits per heavy atom. The maximum Gasteiger partial charge on any atom is 1.00 e. The van der Waals surface area contributed by atoms with Crippen molar-refractivity contribution < 1.29 is 86.3 Å². The van der Waals surface area contributed by atoms with Crippen molar-refractivity contribution in [2.45, 2.75) is 47.5 Å². The van der Waals surface area contributed by atoms with Crippen LogP contribution in [0.4, 0.5) is 0 Å². The summed E-state index contributed by atoms with van der Waals surface area (Å²) in [7, 11) is -9.25. The summed E-state index contributed by atoms with van der Waals surface area (Å²) in [5, 5.41) is 10.5. The number of nitrogens with two attached hydrogens (primary N) is 1. The second-order valence-electron chi connectivity index (χ2n) is 7.58. The van der Waals surface area contributed by atoms with Gasteiger partial charge in [0.05, 0.1) is 30.5 Å². The molecule has 0 amide bonds. The van der Waals surface area contributed by atoms with Crippen molar-refractivity contribution >= 4 is 43.0 Å². The van der Waals surface area contributed by atoms with E-state index in [1.807, 2.05) is 13.8 Å². The Morgan fingerprint density at radius 2 is 1.74 bits per heavy atom. The van der Waals surface area contributed by atoms with Crippen LogP contribution in [0.3, 0.4) is 0 Å². The Kier molecular flexibility index (Phi) is 56.0. The van der Waals surface area contributed by atoms with Gasteiger partial charge >= 0.3 is 29.6 Å². The van der Waals surface area contributed by atoms with E-state index >= 15 is 0 Å². The van der Waals surface area contributed by atoms with E-state index in [9.17, 15) is 25.3 Å². The van der Waals surface area contributed by atoms with Crippen LogP contribution in [0, 0.1) is 41.9 Å². The number of hydrogen-bond acceptors (Lipinski definition) is 15. The minimum absolute atomic E-state index is 0. The number of nitrogens with one attached hydrogen (secondary N) is 1. The SMILES string of the molecule is C.C#CC#CC#CC.CC(C)COS(=O)(=O)CCCN.CS(=O)(=O)CCCN=[N+]=[N-].O=S1(=O)CCCO1.OONOS.[HH].[HH].[HH].[HH].[HH].[HH].[N-]=[N+]=[N-].[Na+]. The van der Waals surface area contributed by atoms with Crippen molar-refractivity contribution in [2.24, 2.45) is 16.8 Å². The summed E-state index contributed by atoms with van der Waals surface area (Å²) in [4.78, 5) is 7.13. The first kappa shape index (κ1) is 59.6. The molecule has 0 aromatic rings. The first-order valence-electron chi connectivity index (χ1n) is 11.8. The van der Waals surface area contributed by atoms with E-state index in [0.29, 0.717) is 32.4 Å². The smallest absolute Gasteiger partial charge is 0.373 e. The van der Waals surface area contributed by atoms with Gasteiger partial charge in [0.2, 0.25) is 0 Å². The van der Waals surface area contributed by atoms with Crippen LogP contribution in [0.25, 0.3) is 26.4 Å². The molecule has 0 saturated carbocycles. The topological polar surface area (TPSA) is 305 Å². The van der Waals surface area contributed by atoms with Crippen LogP contribution in [-0.4, -0.2) is 80.3 Å². The monoisotopic (exact) mass is 758 g/mol. The van der Waals surface area contributed by atoms with E-state index in [1.54, 1.807) is 6.92 Å². The van der Waals surface area contributed by atoms with E-state index in [-0.39, 0.29) is 81.9 Å². The molecule has 1 rings (SSSR count). The zero-order chi connectivity index (χ0) is 35.3. The molecule has 0 spiro atoms. The molecule has 19 nitrogen and oxygen atoms in total. The fourth-order valence-electron chi connectivity index (χ4n) is 1.63. The van der Waals surface area contributed by atoms with Gasteiger partial charge in [0.25, 0.3) is 20.2 Å². The largest absolute Gasteiger partial charge is 1.00 e. The second kappa shape index (κ2) is 43.2. The molecule has 1 aliphatic heterocycles. The quantitative estimate of drug-likeness (QED) is 0.0186. The molecule has 0 atom stereocenters. The van der Waals surface area contributed by atoms with Gasteiger partial charge in [0, 0.05) is 39.2 Å². The van der Waals surface area contributed by atoms with Crippen molar-refractivity contribution in [1.29, 1.82) is 0 Å². The number of azide groups is 1. The Bertz CT molecular complexity index is 1310. The molecule has 0 aromatic heterocycles. The fourth-order valence-corrected chi connectivity index (χ4v) is 4.39. The van der Waals surface area contributed by atoms with Gasteiger partial charge in [0.15, 0.2) is 0 Å². The minimum atomic E-state index is -3.32. The standard InChI is InChI=1S/C7H17NO3S.C7H4.C4H9N3O2S.C3H6O3S.CH4.N3.H3NO3S.Na.6H2/c1-7(2)6-11-12(9,10)5-3-4-8;1-3-5-7-6-4-2;1-10(8,9)4-2-3-6-7-5;4-7(5)3-1-2-6-7;;1-3-2;2-3-1-4-5;;;;;;;/h7H,3-6,8H2,1-2H3;1H,2H3;2-4H2,1H3;1-3H2;1H4;;1-2,5H;;6*1H/q;;;;;-1;;+1;;;;;;. The first-order chi connectivity index (χ1) is 20.5. The summed E-state index contributed by atoms with van der Waals surface area (Å²) in [5.41, 5.74) is 28.0. The van der Waals surface area contributed by atoms with Crippen LogP contribution >= 0.6 is 12.9 Å². The van der Waals surface area contributed by atoms with Crippen LogP contribution in [0.15, 0.2) is 5.11 Å². The molecule has 0 unspecified atom stereocenters. The van der Waals surface area contributed by atoms with Crippen LogP contribution in [0.5, 0.6) is 0 Å². The van der Waals surface area contributed by atoms with Crippen LogP contribution < -0.4 is 40.9 Å². The predicted octanol–water partition coefficient (Wildman–Crippen LogP) is 1.19. The number of sulfone groups is 1. The summed E-state index contributed by atoms with van der Waals surface area (Å²) in [6.07, 6.45) is 7.45. The van der Waals surface area contributed by atoms with Crippen molar-refractivity contribution in [2.75, 3.05) is 49.8 Å². The van der Waals surface area contributed by atoms with Gasteiger partial charge in [-0.3, -0.25) is 13.3 Å². The summed E-state index contributed by atoms with van der Waals surface area (Å²) in [6.45, 7) is 6.78. The molecule has 1 saturated heterocycles. The normalized spacial score (nSPS) is 11.4. The maximum absolute atomic E-state index is 11.0. The van der Waals surface area contributed by atoms with E-state index in [1.165, 1.54) is 10.6 Å². The van der Waals surface area contributed by atoms with Gasteiger partial charge in [-0.25, -0.2) is 18.0 Å². The van der Waals surface area contributed by atoms with E-state index in [2.05, 4.69) is 66.0 Å². The van der Waals surface area contributed by atoms with E-state index in [4.69, 9.17) is 38.2 Å². The number of rotatable bonds is 12. The molecular weight excluding hydrogens is 704 g/mol. The van der Waals surface area contributed by atoms with Crippen molar-refractivity contribution in [3.05, 3.63) is 26.4 Å². The van der Waals surface area contributed by atoms with E-state index < -0.39 is 30.1 Å². The molecule has 24 heteroatoms. The third-order valence-corrected chi connectivity index (χ3v) is 6.92. The van der Waals surface area contributed by atoms with Crippen LogP contribution in [0.2, 0.25) is 0 Å². The summed E-state index contributed by atoms with van der Waals surface area (Å²) >= 11 is 3.10. The predicted molar refractivity (Wildman–Crippen MR) is 187 cm³/mol. The molecule has 0 aliphatic carbocycles. The number of hydrogen-bond donors (Lipinski definition) is 4. The summed E-state index contributed by atoms with van der Waals surface area (Å²) < 4.78 is 76.1. The van der Waals surface area contributed by atoms with Gasteiger partial charge in [-0.2, -0.15) is 16.8 Å². The van der Waals surface area contributed by atoms with Gasteiger partial charge < -0.3 is 16.8 Å². The summed E-state index contributed by atoms with van der Waals surface area (Å²) in [5.74, 6) is 12.6. The van der Waals surface area contributed by atoms with Crippen molar-refractivity contribution in [1.82, 2.24) is 5.64 Å². The fraction of sp³-hybridized carbons (Fsp3) is 0.727. The number of nitrogens with zero attached hydrogens (tertiary/aromatic N) is 6. The van der Waals surface area contributed by atoms with Crippen LogP contribution in [-0.2, 0) is 47.7 Å². The average molecular weight is 759 g/mol. The average Bonchev–Trinajstić information content (AvgIpc) is 3.35. The summed E-state index contributed by atoms with van der Waals surface area (Å²) in [6, 6.07) is 0. The minimum Gasteiger partial charge on any atom is -0.373 e. The van der Waals surface area contributed by atoms with Gasteiger partial charge in [-0.15, -0.1) is 11.4 Å².